The quantitative estimate of drug-likeness (QED) is 0.294. The molecule has 1 amide bonds. The van der Waals surface area contributed by atoms with Crippen molar-refractivity contribution >= 4 is 11.9 Å². The van der Waals surface area contributed by atoms with Crippen molar-refractivity contribution in [2.75, 3.05) is 74.6 Å². The molecule has 3 aliphatic heterocycles. The number of carbonyl (C=O) groups excluding carboxylic acids is 1. The summed E-state index contributed by atoms with van der Waals surface area (Å²) in [4.78, 5) is 31.1. The number of amides is 1. The summed E-state index contributed by atoms with van der Waals surface area (Å²) in [5, 5.41) is 10.7. The zero-order chi connectivity index (χ0) is 32.1. The van der Waals surface area contributed by atoms with Crippen LogP contribution in [0.25, 0.3) is 0 Å². The zero-order valence-electron chi connectivity index (χ0n) is 27.3. The van der Waals surface area contributed by atoms with E-state index < -0.39 is 11.9 Å². The lowest BCUT2D eigenvalue weighted by Gasteiger charge is -2.31. The van der Waals surface area contributed by atoms with Crippen LogP contribution in [0, 0.1) is 5.92 Å². The molecule has 0 aromatic heterocycles. The molecule has 1 saturated heterocycles. The highest BCUT2D eigenvalue weighted by atomic mass is 16.7. The van der Waals surface area contributed by atoms with Crippen LogP contribution in [0.2, 0.25) is 0 Å². The van der Waals surface area contributed by atoms with Crippen LogP contribution in [0.5, 0.6) is 28.7 Å². The molecule has 3 atom stereocenters. The van der Waals surface area contributed by atoms with Gasteiger partial charge < -0.3 is 38.2 Å². The van der Waals surface area contributed by atoms with Crippen molar-refractivity contribution in [3.63, 3.8) is 0 Å². The zero-order valence-corrected chi connectivity index (χ0v) is 27.3. The van der Waals surface area contributed by atoms with Crippen molar-refractivity contribution < 1.29 is 42.9 Å². The molecule has 5 rings (SSSR count). The molecule has 1 N–H and O–H groups in total. The van der Waals surface area contributed by atoms with E-state index in [2.05, 4.69) is 33.0 Å². The smallest absolute Gasteiger partial charge is 0.308 e. The Hall–Kier alpha value is -3.70. The maximum Gasteiger partial charge on any atom is 0.308 e. The largest absolute Gasteiger partial charge is 0.493 e. The normalized spacial score (nSPS) is 20.4. The SMILES string of the molecule is CCCCN(CCC[N+](C)(C)C)C(=O)CN1C[C@H](c2cc(OC)c3c(c2)OCO3)[C@@H](C(=O)O)[C@@H]1CCc1cccc2c1OCO2. The van der Waals surface area contributed by atoms with Crippen molar-refractivity contribution in [3.05, 3.63) is 41.5 Å². The number of fused-ring (bicyclic) bond motifs is 2. The van der Waals surface area contributed by atoms with Gasteiger partial charge in [0.05, 0.1) is 47.3 Å². The predicted octanol–water partition coefficient (Wildman–Crippen LogP) is 3.98. The number of para-hydroxylation sites is 1. The van der Waals surface area contributed by atoms with Crippen LogP contribution in [-0.4, -0.2) is 112 Å². The fourth-order valence-electron chi connectivity index (χ4n) is 6.76. The summed E-state index contributed by atoms with van der Waals surface area (Å²) in [6.07, 6.45) is 3.96. The molecule has 0 aliphatic carbocycles. The first-order valence-electron chi connectivity index (χ1n) is 16.0. The van der Waals surface area contributed by atoms with Gasteiger partial charge >= 0.3 is 5.97 Å². The molecule has 1 fully saturated rings. The number of benzene rings is 2. The van der Waals surface area contributed by atoms with E-state index in [0.717, 1.165) is 41.4 Å². The van der Waals surface area contributed by atoms with Crippen molar-refractivity contribution in [1.82, 2.24) is 9.80 Å². The van der Waals surface area contributed by atoms with Crippen LogP contribution in [0.15, 0.2) is 30.3 Å². The maximum atomic E-state index is 13.9. The predicted molar refractivity (Wildman–Crippen MR) is 168 cm³/mol. The molecule has 0 radical (unpaired) electrons. The summed E-state index contributed by atoms with van der Waals surface area (Å²) < 4.78 is 29.0. The highest BCUT2D eigenvalue weighted by molar-refractivity contribution is 5.79. The topological polar surface area (TPSA) is 107 Å². The average molecular weight is 627 g/mol. The highest BCUT2D eigenvalue weighted by Crippen LogP contribution is 2.47. The Bertz CT molecular complexity index is 1360. The minimum absolute atomic E-state index is 0.0419. The highest BCUT2D eigenvalue weighted by Gasteiger charge is 2.47. The number of hydrogen-bond acceptors (Lipinski definition) is 8. The molecule has 2 aromatic carbocycles. The number of methoxy groups -OCH3 is 1. The van der Waals surface area contributed by atoms with E-state index in [1.54, 1.807) is 7.11 Å². The Morgan fingerprint density at radius 2 is 1.76 bits per heavy atom. The summed E-state index contributed by atoms with van der Waals surface area (Å²) in [7, 11) is 8.03. The molecule has 3 heterocycles. The number of aliphatic carboxylic acids is 1. The van der Waals surface area contributed by atoms with Gasteiger partial charge in [-0.25, -0.2) is 0 Å². The molecular formula is C34H48N3O8+. The summed E-state index contributed by atoms with van der Waals surface area (Å²) in [6.45, 7) is 5.31. The van der Waals surface area contributed by atoms with Crippen LogP contribution in [-0.2, 0) is 16.0 Å². The number of quaternary nitrogens is 1. The van der Waals surface area contributed by atoms with Crippen LogP contribution in [0.4, 0.5) is 0 Å². The Morgan fingerprint density at radius 3 is 2.47 bits per heavy atom. The first-order valence-corrected chi connectivity index (χ1v) is 16.0. The summed E-state index contributed by atoms with van der Waals surface area (Å²) in [5.41, 5.74) is 1.77. The van der Waals surface area contributed by atoms with Crippen molar-refractivity contribution in [1.29, 1.82) is 0 Å². The van der Waals surface area contributed by atoms with Crippen molar-refractivity contribution in [3.8, 4) is 28.7 Å². The number of rotatable bonds is 15. The lowest BCUT2D eigenvalue weighted by atomic mass is 9.83. The number of likely N-dealkylation sites (tertiary alicyclic amines) is 1. The van der Waals surface area contributed by atoms with Crippen LogP contribution >= 0.6 is 0 Å². The summed E-state index contributed by atoms with van der Waals surface area (Å²) in [6, 6.07) is 9.13. The molecule has 0 unspecified atom stereocenters. The van der Waals surface area contributed by atoms with Gasteiger partial charge in [-0.3, -0.25) is 14.5 Å². The third-order valence-electron chi connectivity index (χ3n) is 9.06. The van der Waals surface area contributed by atoms with E-state index in [9.17, 15) is 14.7 Å². The third-order valence-corrected chi connectivity index (χ3v) is 9.06. The van der Waals surface area contributed by atoms with Gasteiger partial charge in [-0.15, -0.1) is 0 Å². The van der Waals surface area contributed by atoms with Gasteiger partial charge in [0, 0.05) is 38.0 Å². The minimum atomic E-state index is -0.889. The second kappa shape index (κ2) is 14.2. The van der Waals surface area contributed by atoms with E-state index in [4.69, 9.17) is 23.7 Å². The van der Waals surface area contributed by atoms with E-state index in [0.29, 0.717) is 61.2 Å². The molecule has 0 spiro atoms. The number of carboxylic acids is 1. The monoisotopic (exact) mass is 626 g/mol. The lowest BCUT2D eigenvalue weighted by Crippen LogP contribution is -2.45. The Kier molecular flexibility index (Phi) is 10.3. The van der Waals surface area contributed by atoms with Crippen molar-refractivity contribution in [2.45, 2.75) is 51.0 Å². The van der Waals surface area contributed by atoms with E-state index >= 15 is 0 Å². The maximum absolute atomic E-state index is 13.9. The van der Waals surface area contributed by atoms with Gasteiger partial charge in [0.15, 0.2) is 23.0 Å². The van der Waals surface area contributed by atoms with Gasteiger partial charge in [0.2, 0.25) is 25.2 Å². The Balaban J connectivity index is 1.43. The minimum Gasteiger partial charge on any atom is -0.493 e. The molecule has 2 aromatic rings. The fourth-order valence-corrected chi connectivity index (χ4v) is 6.76. The van der Waals surface area contributed by atoms with Crippen LogP contribution < -0.4 is 23.7 Å². The molecular weight excluding hydrogens is 578 g/mol. The standard InChI is InChI=1S/C34H47N3O8/c1-6-7-14-35(15-9-16-37(2,3)4)30(38)20-36-19-25(24-17-28(41-5)33-29(18-24)43-22-45-33)31(34(39)40)26(36)13-12-23-10-8-11-27-32(23)44-21-42-27/h8,10-11,17-18,25-26,31H,6-7,9,12-16,19-22H2,1-5H3/p+1/t25-,26+,31-/m1/s1. The van der Waals surface area contributed by atoms with E-state index in [1.807, 2.05) is 35.2 Å². The average Bonchev–Trinajstić information content (AvgIpc) is 3.75. The van der Waals surface area contributed by atoms with Crippen molar-refractivity contribution in [2.24, 2.45) is 5.92 Å². The number of carbonyl (C=O) groups is 2. The molecule has 11 heteroatoms. The van der Waals surface area contributed by atoms with Gasteiger partial charge in [0.1, 0.15) is 0 Å². The Labute approximate surface area is 266 Å². The first kappa shape index (κ1) is 32.7. The number of carboxylic acid groups (broad SMARTS) is 1. The van der Waals surface area contributed by atoms with Gasteiger partial charge in [-0.1, -0.05) is 25.5 Å². The number of unbranched alkanes of at least 4 members (excludes halogenated alkanes) is 1. The molecule has 0 saturated carbocycles. The number of aryl methyl sites for hydroxylation is 1. The van der Waals surface area contributed by atoms with Gasteiger partial charge in [0.25, 0.3) is 0 Å². The lowest BCUT2D eigenvalue weighted by molar-refractivity contribution is -0.870. The second-order valence-corrected chi connectivity index (χ2v) is 13.2. The summed E-state index contributed by atoms with van der Waals surface area (Å²) >= 11 is 0. The number of hydrogen-bond donors (Lipinski definition) is 1. The van der Waals surface area contributed by atoms with E-state index in [-0.39, 0.29) is 38.0 Å². The Morgan fingerprint density at radius 1 is 1.02 bits per heavy atom. The van der Waals surface area contributed by atoms with Gasteiger partial charge in [-0.2, -0.15) is 0 Å². The molecule has 11 nitrogen and oxygen atoms in total. The number of ether oxygens (including phenoxy) is 5. The molecule has 0 bridgehead atoms. The molecule has 45 heavy (non-hydrogen) atoms. The van der Waals surface area contributed by atoms with Crippen LogP contribution in [0.3, 0.4) is 0 Å². The summed E-state index contributed by atoms with van der Waals surface area (Å²) in [5.74, 6) is 1.01. The fraction of sp³-hybridized carbons (Fsp3) is 0.588. The van der Waals surface area contributed by atoms with Gasteiger partial charge in [-0.05, 0) is 48.6 Å². The third kappa shape index (κ3) is 7.58. The first-order chi connectivity index (χ1) is 21.6. The second-order valence-electron chi connectivity index (χ2n) is 13.2. The molecule has 3 aliphatic rings. The molecule has 246 valence electrons. The van der Waals surface area contributed by atoms with E-state index in [1.165, 1.54) is 0 Å². The number of nitrogens with zero attached hydrogens (tertiary/aromatic N) is 3. The van der Waals surface area contributed by atoms with Crippen LogP contribution in [0.1, 0.15) is 49.7 Å².